The molecule has 1 N–H and O–H groups in total. The molecular formula is C15H17NO2. The molecule has 2 aromatic rings. The largest absolute Gasteiger partial charge is 0.486 e. The maximum absolute atomic E-state index is 5.70. The van der Waals surface area contributed by atoms with E-state index in [9.17, 15) is 0 Å². The van der Waals surface area contributed by atoms with Crippen LogP contribution in [-0.4, -0.2) is 6.04 Å². The molecular weight excluding hydrogens is 226 g/mol. The van der Waals surface area contributed by atoms with Crippen molar-refractivity contribution in [3.05, 3.63) is 54.0 Å². The highest BCUT2D eigenvalue weighted by Crippen LogP contribution is 2.20. The van der Waals surface area contributed by atoms with Crippen molar-refractivity contribution in [2.24, 2.45) is 0 Å². The Labute approximate surface area is 107 Å². The molecule has 1 aromatic heterocycles. The molecule has 0 radical (unpaired) electrons. The van der Waals surface area contributed by atoms with E-state index in [0.29, 0.717) is 12.6 Å². The quantitative estimate of drug-likeness (QED) is 0.846. The first kappa shape index (κ1) is 11.4. The molecule has 3 nitrogen and oxygen atoms in total. The van der Waals surface area contributed by atoms with E-state index in [-0.39, 0.29) is 0 Å². The Kier molecular flexibility index (Phi) is 3.33. The minimum atomic E-state index is 0.480. The molecule has 0 aliphatic heterocycles. The number of nitrogens with one attached hydrogen (secondary N) is 1. The van der Waals surface area contributed by atoms with E-state index in [4.69, 9.17) is 9.15 Å². The molecule has 0 atom stereocenters. The van der Waals surface area contributed by atoms with Crippen LogP contribution in [0.2, 0.25) is 0 Å². The lowest BCUT2D eigenvalue weighted by Crippen LogP contribution is -2.14. The minimum absolute atomic E-state index is 0.480. The Balaban J connectivity index is 1.50. The number of hydrogen-bond donors (Lipinski definition) is 1. The van der Waals surface area contributed by atoms with Gasteiger partial charge in [-0.05, 0) is 37.1 Å². The van der Waals surface area contributed by atoms with E-state index in [1.54, 1.807) is 0 Å². The normalized spacial score (nSPS) is 14.7. The molecule has 1 saturated carbocycles. The summed E-state index contributed by atoms with van der Waals surface area (Å²) in [5.41, 5.74) is 0. The van der Waals surface area contributed by atoms with Gasteiger partial charge in [-0.25, -0.2) is 0 Å². The van der Waals surface area contributed by atoms with Crippen molar-refractivity contribution in [3.63, 3.8) is 0 Å². The Morgan fingerprint density at radius 3 is 2.61 bits per heavy atom. The SMILES string of the molecule is c1ccc(OCc2ccc(CNC3CC3)o2)cc1. The summed E-state index contributed by atoms with van der Waals surface area (Å²) >= 11 is 0. The molecule has 94 valence electrons. The van der Waals surface area contributed by atoms with Gasteiger partial charge in [-0.2, -0.15) is 0 Å². The Hall–Kier alpha value is -1.74. The van der Waals surface area contributed by atoms with Crippen LogP contribution in [0.5, 0.6) is 5.75 Å². The summed E-state index contributed by atoms with van der Waals surface area (Å²) in [4.78, 5) is 0. The van der Waals surface area contributed by atoms with Gasteiger partial charge in [0, 0.05) is 6.04 Å². The third-order valence-corrected chi connectivity index (χ3v) is 2.98. The molecule has 1 heterocycles. The van der Waals surface area contributed by atoms with Gasteiger partial charge in [0.1, 0.15) is 23.9 Å². The second-order valence-electron chi connectivity index (χ2n) is 4.62. The zero-order valence-electron chi connectivity index (χ0n) is 10.3. The van der Waals surface area contributed by atoms with Crippen LogP contribution in [0.3, 0.4) is 0 Å². The van der Waals surface area contributed by atoms with Crippen molar-refractivity contribution >= 4 is 0 Å². The average molecular weight is 243 g/mol. The minimum Gasteiger partial charge on any atom is -0.486 e. The second kappa shape index (κ2) is 5.27. The summed E-state index contributed by atoms with van der Waals surface area (Å²) in [7, 11) is 0. The van der Waals surface area contributed by atoms with Crippen molar-refractivity contribution in [1.82, 2.24) is 5.32 Å². The lowest BCUT2D eigenvalue weighted by Gasteiger charge is -2.03. The Bertz CT molecular complexity index is 488. The van der Waals surface area contributed by atoms with E-state index in [2.05, 4.69) is 5.32 Å². The molecule has 0 bridgehead atoms. The van der Waals surface area contributed by atoms with Crippen LogP contribution in [0.15, 0.2) is 46.9 Å². The summed E-state index contributed by atoms with van der Waals surface area (Å²) < 4.78 is 11.3. The van der Waals surface area contributed by atoms with Gasteiger partial charge in [0.05, 0.1) is 6.54 Å². The highest BCUT2D eigenvalue weighted by atomic mass is 16.5. The maximum Gasteiger partial charge on any atom is 0.146 e. The summed E-state index contributed by atoms with van der Waals surface area (Å²) in [6.07, 6.45) is 2.59. The Morgan fingerprint density at radius 2 is 1.83 bits per heavy atom. The standard InChI is InChI=1S/C15H17NO2/c1-2-4-13(5-3-1)17-11-15-9-8-14(18-15)10-16-12-6-7-12/h1-5,8-9,12,16H,6-7,10-11H2. The predicted molar refractivity (Wildman–Crippen MR) is 69.3 cm³/mol. The van der Waals surface area contributed by atoms with Crippen LogP contribution < -0.4 is 10.1 Å². The van der Waals surface area contributed by atoms with Gasteiger partial charge in [-0.1, -0.05) is 18.2 Å². The number of benzene rings is 1. The number of para-hydroxylation sites is 1. The van der Waals surface area contributed by atoms with Crippen molar-refractivity contribution < 1.29 is 9.15 Å². The first-order valence-corrected chi connectivity index (χ1v) is 6.39. The van der Waals surface area contributed by atoms with Crippen molar-refractivity contribution in [2.45, 2.75) is 32.0 Å². The molecule has 1 aliphatic rings. The van der Waals surface area contributed by atoms with E-state index in [1.165, 1.54) is 12.8 Å². The van der Waals surface area contributed by atoms with Crippen molar-refractivity contribution in [3.8, 4) is 5.75 Å². The van der Waals surface area contributed by atoms with Gasteiger partial charge >= 0.3 is 0 Å². The van der Waals surface area contributed by atoms with Crippen LogP contribution in [-0.2, 0) is 13.2 Å². The van der Waals surface area contributed by atoms with Gasteiger partial charge < -0.3 is 14.5 Å². The summed E-state index contributed by atoms with van der Waals surface area (Å²) in [6.45, 7) is 1.30. The van der Waals surface area contributed by atoms with Crippen LogP contribution >= 0.6 is 0 Å². The number of ether oxygens (including phenoxy) is 1. The van der Waals surface area contributed by atoms with Crippen LogP contribution in [0, 0.1) is 0 Å². The average Bonchev–Trinajstić information content (AvgIpc) is 3.14. The summed E-state index contributed by atoms with van der Waals surface area (Å²) in [5.74, 6) is 2.71. The first-order chi connectivity index (χ1) is 8.90. The molecule has 18 heavy (non-hydrogen) atoms. The number of hydrogen-bond acceptors (Lipinski definition) is 3. The molecule has 0 unspecified atom stereocenters. The highest BCUT2D eigenvalue weighted by Gasteiger charge is 2.20. The van der Waals surface area contributed by atoms with E-state index in [1.807, 2.05) is 42.5 Å². The van der Waals surface area contributed by atoms with Gasteiger partial charge in [0.15, 0.2) is 0 Å². The van der Waals surface area contributed by atoms with E-state index >= 15 is 0 Å². The van der Waals surface area contributed by atoms with E-state index in [0.717, 1.165) is 23.8 Å². The predicted octanol–water partition coefficient (Wildman–Crippen LogP) is 3.11. The van der Waals surface area contributed by atoms with Crippen LogP contribution in [0.25, 0.3) is 0 Å². The topological polar surface area (TPSA) is 34.4 Å². The van der Waals surface area contributed by atoms with Crippen molar-refractivity contribution in [1.29, 1.82) is 0 Å². The molecule has 0 amide bonds. The summed E-state index contributed by atoms with van der Waals surface area (Å²) in [5, 5.41) is 3.43. The zero-order chi connectivity index (χ0) is 12.2. The van der Waals surface area contributed by atoms with Gasteiger partial charge in [0.25, 0.3) is 0 Å². The van der Waals surface area contributed by atoms with Crippen LogP contribution in [0.4, 0.5) is 0 Å². The lowest BCUT2D eigenvalue weighted by atomic mass is 10.3. The van der Waals surface area contributed by atoms with Crippen molar-refractivity contribution in [2.75, 3.05) is 0 Å². The fourth-order valence-electron chi connectivity index (χ4n) is 1.80. The maximum atomic E-state index is 5.70. The molecule has 1 aromatic carbocycles. The molecule has 3 heteroatoms. The third kappa shape index (κ3) is 3.14. The molecule has 0 saturated heterocycles. The summed E-state index contributed by atoms with van der Waals surface area (Å²) in [6, 6.07) is 14.5. The fraction of sp³-hybridized carbons (Fsp3) is 0.333. The third-order valence-electron chi connectivity index (χ3n) is 2.98. The number of furan rings is 1. The van der Waals surface area contributed by atoms with Crippen LogP contribution in [0.1, 0.15) is 24.4 Å². The Morgan fingerprint density at radius 1 is 1.06 bits per heavy atom. The van der Waals surface area contributed by atoms with Gasteiger partial charge in [-0.3, -0.25) is 0 Å². The lowest BCUT2D eigenvalue weighted by molar-refractivity contribution is 0.265. The molecule has 0 spiro atoms. The number of rotatable bonds is 6. The second-order valence-corrected chi connectivity index (χ2v) is 4.62. The first-order valence-electron chi connectivity index (χ1n) is 6.39. The fourth-order valence-corrected chi connectivity index (χ4v) is 1.80. The molecule has 3 rings (SSSR count). The van der Waals surface area contributed by atoms with Gasteiger partial charge in [-0.15, -0.1) is 0 Å². The highest BCUT2D eigenvalue weighted by molar-refractivity contribution is 5.21. The monoisotopic (exact) mass is 243 g/mol. The van der Waals surface area contributed by atoms with E-state index < -0.39 is 0 Å². The molecule has 1 fully saturated rings. The zero-order valence-corrected chi connectivity index (χ0v) is 10.3. The van der Waals surface area contributed by atoms with Gasteiger partial charge in [0.2, 0.25) is 0 Å². The smallest absolute Gasteiger partial charge is 0.146 e. The molecule has 1 aliphatic carbocycles.